The summed E-state index contributed by atoms with van der Waals surface area (Å²) in [6.45, 7) is 9.58. The molecular formula is C17H23N3O. The standard InChI is InChI=1S/C17H23N3O/c1-13-16(9-6-10-18-13)21-12-15-8-5-7-14(20-15)11-19-17(2,3)4/h5-10,19H,11-12H2,1-4H3. The lowest BCUT2D eigenvalue weighted by atomic mass is 10.1. The lowest BCUT2D eigenvalue weighted by Gasteiger charge is -2.20. The highest BCUT2D eigenvalue weighted by atomic mass is 16.5. The Bertz CT molecular complexity index is 591. The molecule has 21 heavy (non-hydrogen) atoms. The van der Waals surface area contributed by atoms with Crippen molar-refractivity contribution in [2.75, 3.05) is 0 Å². The molecule has 0 atom stereocenters. The summed E-state index contributed by atoms with van der Waals surface area (Å²) >= 11 is 0. The van der Waals surface area contributed by atoms with E-state index < -0.39 is 0 Å². The topological polar surface area (TPSA) is 47.0 Å². The van der Waals surface area contributed by atoms with E-state index >= 15 is 0 Å². The fraction of sp³-hybridized carbons (Fsp3) is 0.412. The van der Waals surface area contributed by atoms with Crippen LogP contribution in [0.2, 0.25) is 0 Å². The predicted octanol–water partition coefficient (Wildman–Crippen LogP) is 3.25. The first-order chi connectivity index (χ1) is 9.94. The molecule has 4 nitrogen and oxygen atoms in total. The van der Waals surface area contributed by atoms with Crippen LogP contribution >= 0.6 is 0 Å². The van der Waals surface area contributed by atoms with Crippen LogP contribution in [0.3, 0.4) is 0 Å². The zero-order chi connectivity index (χ0) is 15.3. The first kappa shape index (κ1) is 15.4. The fourth-order valence-electron chi connectivity index (χ4n) is 1.84. The van der Waals surface area contributed by atoms with E-state index in [-0.39, 0.29) is 5.54 Å². The van der Waals surface area contributed by atoms with Gasteiger partial charge in [0.15, 0.2) is 0 Å². The first-order valence-corrected chi connectivity index (χ1v) is 7.18. The molecule has 2 rings (SSSR count). The van der Waals surface area contributed by atoms with Crippen molar-refractivity contribution in [1.82, 2.24) is 15.3 Å². The maximum absolute atomic E-state index is 5.78. The van der Waals surface area contributed by atoms with Gasteiger partial charge in [-0.25, -0.2) is 0 Å². The quantitative estimate of drug-likeness (QED) is 0.916. The molecule has 0 saturated carbocycles. The summed E-state index contributed by atoms with van der Waals surface area (Å²) in [5, 5.41) is 3.43. The SMILES string of the molecule is Cc1ncccc1OCc1cccc(CNC(C)(C)C)n1. The number of aromatic nitrogens is 2. The molecule has 2 aromatic rings. The highest BCUT2D eigenvalue weighted by molar-refractivity contribution is 5.25. The molecule has 2 aromatic heterocycles. The zero-order valence-electron chi connectivity index (χ0n) is 13.2. The van der Waals surface area contributed by atoms with Gasteiger partial charge < -0.3 is 10.1 Å². The molecule has 0 unspecified atom stereocenters. The average molecular weight is 285 g/mol. The van der Waals surface area contributed by atoms with Crippen molar-refractivity contribution in [3.63, 3.8) is 0 Å². The molecule has 0 aromatic carbocycles. The van der Waals surface area contributed by atoms with Crippen molar-refractivity contribution in [1.29, 1.82) is 0 Å². The summed E-state index contributed by atoms with van der Waals surface area (Å²) in [4.78, 5) is 8.82. The van der Waals surface area contributed by atoms with E-state index in [1.807, 2.05) is 37.3 Å². The van der Waals surface area contributed by atoms with E-state index in [1.54, 1.807) is 6.20 Å². The van der Waals surface area contributed by atoms with Crippen LogP contribution < -0.4 is 10.1 Å². The Morgan fingerprint density at radius 2 is 1.86 bits per heavy atom. The van der Waals surface area contributed by atoms with Gasteiger partial charge in [0, 0.05) is 18.3 Å². The number of hydrogen-bond donors (Lipinski definition) is 1. The van der Waals surface area contributed by atoms with Gasteiger partial charge in [-0.1, -0.05) is 6.07 Å². The molecule has 0 radical (unpaired) electrons. The second-order valence-electron chi connectivity index (χ2n) is 6.10. The van der Waals surface area contributed by atoms with Crippen molar-refractivity contribution >= 4 is 0 Å². The molecule has 0 bridgehead atoms. The lowest BCUT2D eigenvalue weighted by molar-refractivity contribution is 0.297. The summed E-state index contributed by atoms with van der Waals surface area (Å²) in [7, 11) is 0. The Hall–Kier alpha value is -1.94. The van der Waals surface area contributed by atoms with E-state index in [4.69, 9.17) is 4.74 Å². The highest BCUT2D eigenvalue weighted by Crippen LogP contribution is 2.15. The monoisotopic (exact) mass is 285 g/mol. The third-order valence-corrected chi connectivity index (χ3v) is 3.00. The third kappa shape index (κ3) is 5.16. The highest BCUT2D eigenvalue weighted by Gasteiger charge is 2.09. The van der Waals surface area contributed by atoms with Gasteiger partial charge in [-0.05, 0) is 52.0 Å². The molecule has 0 saturated heterocycles. The summed E-state index contributed by atoms with van der Waals surface area (Å²) in [5.41, 5.74) is 2.92. The number of hydrogen-bond acceptors (Lipinski definition) is 4. The van der Waals surface area contributed by atoms with Crippen molar-refractivity contribution < 1.29 is 4.74 Å². The van der Waals surface area contributed by atoms with Crippen LogP contribution in [0.1, 0.15) is 37.9 Å². The predicted molar refractivity (Wildman–Crippen MR) is 84.1 cm³/mol. The van der Waals surface area contributed by atoms with Gasteiger partial charge in [0.2, 0.25) is 0 Å². The molecule has 4 heteroatoms. The van der Waals surface area contributed by atoms with Gasteiger partial charge >= 0.3 is 0 Å². The van der Waals surface area contributed by atoms with Crippen LogP contribution in [0, 0.1) is 6.92 Å². The summed E-state index contributed by atoms with van der Waals surface area (Å²) in [5.74, 6) is 0.803. The van der Waals surface area contributed by atoms with Crippen LogP contribution in [0.15, 0.2) is 36.5 Å². The molecule has 0 amide bonds. The Labute approximate surface area is 126 Å². The van der Waals surface area contributed by atoms with Gasteiger partial charge in [0.1, 0.15) is 12.4 Å². The molecule has 2 heterocycles. The first-order valence-electron chi connectivity index (χ1n) is 7.18. The third-order valence-electron chi connectivity index (χ3n) is 3.00. The average Bonchev–Trinajstić information content (AvgIpc) is 2.44. The van der Waals surface area contributed by atoms with Crippen molar-refractivity contribution in [2.45, 2.75) is 46.4 Å². The molecular weight excluding hydrogens is 262 g/mol. The van der Waals surface area contributed by atoms with E-state index in [1.165, 1.54) is 0 Å². The van der Waals surface area contributed by atoms with Crippen LogP contribution in [-0.4, -0.2) is 15.5 Å². The second-order valence-corrected chi connectivity index (χ2v) is 6.10. The smallest absolute Gasteiger partial charge is 0.141 e. The number of nitrogens with one attached hydrogen (secondary N) is 1. The molecule has 0 aliphatic carbocycles. The minimum Gasteiger partial charge on any atom is -0.485 e. The molecule has 1 N–H and O–H groups in total. The molecule has 0 aliphatic heterocycles. The number of pyridine rings is 2. The van der Waals surface area contributed by atoms with E-state index in [0.717, 1.165) is 29.4 Å². The Balaban J connectivity index is 1.96. The largest absolute Gasteiger partial charge is 0.485 e. The molecule has 0 aliphatic rings. The van der Waals surface area contributed by atoms with Gasteiger partial charge in [-0.3, -0.25) is 9.97 Å². The zero-order valence-corrected chi connectivity index (χ0v) is 13.2. The van der Waals surface area contributed by atoms with E-state index in [9.17, 15) is 0 Å². The van der Waals surface area contributed by atoms with Crippen LogP contribution in [0.4, 0.5) is 0 Å². The number of rotatable bonds is 5. The van der Waals surface area contributed by atoms with Gasteiger partial charge in [0.05, 0.1) is 17.1 Å². The van der Waals surface area contributed by atoms with Crippen LogP contribution in [0.5, 0.6) is 5.75 Å². The number of ether oxygens (including phenoxy) is 1. The summed E-state index contributed by atoms with van der Waals surface area (Å²) in [6.07, 6.45) is 1.76. The maximum atomic E-state index is 5.78. The Kier molecular flexibility index (Phi) is 4.91. The minimum absolute atomic E-state index is 0.0843. The summed E-state index contributed by atoms with van der Waals surface area (Å²) in [6, 6.07) is 9.82. The minimum atomic E-state index is 0.0843. The van der Waals surface area contributed by atoms with Crippen molar-refractivity contribution in [3.8, 4) is 5.75 Å². The van der Waals surface area contributed by atoms with E-state index in [2.05, 4.69) is 36.1 Å². The normalized spacial score (nSPS) is 11.4. The Morgan fingerprint density at radius 3 is 2.57 bits per heavy atom. The molecule has 0 spiro atoms. The lowest BCUT2D eigenvalue weighted by Crippen LogP contribution is -2.35. The number of nitrogens with zero attached hydrogens (tertiary/aromatic N) is 2. The summed E-state index contributed by atoms with van der Waals surface area (Å²) < 4.78 is 5.78. The Morgan fingerprint density at radius 1 is 1.10 bits per heavy atom. The van der Waals surface area contributed by atoms with Gasteiger partial charge in [-0.2, -0.15) is 0 Å². The van der Waals surface area contributed by atoms with Crippen molar-refractivity contribution in [2.24, 2.45) is 0 Å². The van der Waals surface area contributed by atoms with Crippen LogP contribution in [-0.2, 0) is 13.2 Å². The number of aryl methyl sites for hydroxylation is 1. The second kappa shape index (κ2) is 6.68. The molecule has 112 valence electrons. The van der Waals surface area contributed by atoms with Gasteiger partial charge in [0.25, 0.3) is 0 Å². The van der Waals surface area contributed by atoms with E-state index in [0.29, 0.717) is 6.61 Å². The van der Waals surface area contributed by atoms with Crippen molar-refractivity contribution in [3.05, 3.63) is 53.6 Å². The van der Waals surface area contributed by atoms with Crippen LogP contribution in [0.25, 0.3) is 0 Å². The maximum Gasteiger partial charge on any atom is 0.141 e. The fourth-order valence-corrected chi connectivity index (χ4v) is 1.84. The van der Waals surface area contributed by atoms with Gasteiger partial charge in [-0.15, -0.1) is 0 Å². The molecule has 0 fully saturated rings.